The molecular weight excluding hydrogens is 288 g/mol. The van der Waals surface area contributed by atoms with E-state index in [0.717, 1.165) is 0 Å². The number of aliphatic hydroxyl groups is 1. The fraction of sp³-hybridized carbons (Fsp3) is 0.500. The van der Waals surface area contributed by atoms with Crippen molar-refractivity contribution in [3.05, 3.63) is 22.7 Å². The van der Waals surface area contributed by atoms with Crippen molar-refractivity contribution in [1.82, 2.24) is 4.72 Å². The SMILES string of the molecule is Cc1cc(Cl)c(N)cc1S(=O)(=O)NC(C)CC(C)O. The number of anilines is 1. The van der Waals surface area contributed by atoms with Crippen LogP contribution < -0.4 is 10.5 Å². The number of nitrogen functional groups attached to an aromatic ring is 1. The van der Waals surface area contributed by atoms with E-state index in [2.05, 4.69) is 4.72 Å². The molecule has 0 bridgehead atoms. The van der Waals surface area contributed by atoms with Crippen molar-refractivity contribution in [2.24, 2.45) is 0 Å². The Labute approximate surface area is 118 Å². The van der Waals surface area contributed by atoms with Gasteiger partial charge in [-0.2, -0.15) is 0 Å². The number of aryl methyl sites for hydroxylation is 1. The van der Waals surface area contributed by atoms with Crippen molar-refractivity contribution in [2.75, 3.05) is 5.73 Å². The Morgan fingerprint density at radius 1 is 1.42 bits per heavy atom. The Hall–Kier alpha value is -0.820. The molecule has 2 atom stereocenters. The predicted octanol–water partition coefficient (Wildman–Crippen LogP) is 1.67. The molecule has 1 aromatic carbocycles. The van der Waals surface area contributed by atoms with Gasteiger partial charge in [0.15, 0.2) is 0 Å². The molecule has 0 aromatic heterocycles. The lowest BCUT2D eigenvalue weighted by Gasteiger charge is -2.17. The molecule has 1 rings (SSSR count). The Balaban J connectivity index is 3.04. The van der Waals surface area contributed by atoms with Crippen LogP contribution in [0.1, 0.15) is 25.8 Å². The molecule has 0 amide bonds. The van der Waals surface area contributed by atoms with E-state index in [1.165, 1.54) is 12.1 Å². The van der Waals surface area contributed by atoms with Crippen molar-refractivity contribution in [1.29, 1.82) is 0 Å². The fourth-order valence-corrected chi connectivity index (χ4v) is 3.58. The van der Waals surface area contributed by atoms with Gasteiger partial charge in [-0.05, 0) is 44.9 Å². The van der Waals surface area contributed by atoms with Crippen LogP contribution in [0.5, 0.6) is 0 Å². The van der Waals surface area contributed by atoms with E-state index in [4.69, 9.17) is 17.3 Å². The van der Waals surface area contributed by atoms with Crippen LogP contribution in [0, 0.1) is 6.92 Å². The van der Waals surface area contributed by atoms with E-state index in [1.54, 1.807) is 20.8 Å². The number of halogens is 1. The average molecular weight is 307 g/mol. The maximum atomic E-state index is 12.2. The minimum absolute atomic E-state index is 0.104. The van der Waals surface area contributed by atoms with Crippen LogP contribution in [-0.4, -0.2) is 25.7 Å². The molecule has 108 valence electrons. The summed E-state index contributed by atoms with van der Waals surface area (Å²) in [4.78, 5) is 0.104. The molecule has 0 fully saturated rings. The summed E-state index contributed by atoms with van der Waals surface area (Å²) in [5.74, 6) is 0. The molecule has 7 heteroatoms. The second kappa shape index (κ2) is 6.09. The van der Waals surface area contributed by atoms with Gasteiger partial charge >= 0.3 is 0 Å². The number of rotatable bonds is 5. The normalized spacial score (nSPS) is 15.2. The zero-order valence-electron chi connectivity index (χ0n) is 11.1. The average Bonchev–Trinajstić information content (AvgIpc) is 2.20. The summed E-state index contributed by atoms with van der Waals surface area (Å²) in [6.45, 7) is 4.95. The van der Waals surface area contributed by atoms with Gasteiger partial charge in [-0.1, -0.05) is 11.6 Å². The minimum Gasteiger partial charge on any atom is -0.397 e. The largest absolute Gasteiger partial charge is 0.397 e. The topological polar surface area (TPSA) is 92.4 Å². The first-order valence-corrected chi connectivity index (χ1v) is 7.75. The zero-order valence-corrected chi connectivity index (χ0v) is 12.7. The van der Waals surface area contributed by atoms with Gasteiger partial charge in [-0.15, -0.1) is 0 Å². The molecule has 0 saturated heterocycles. The summed E-state index contributed by atoms with van der Waals surface area (Å²) in [6, 6.07) is 2.49. The summed E-state index contributed by atoms with van der Waals surface area (Å²) in [5.41, 5.74) is 6.38. The molecule has 0 aliphatic rings. The summed E-state index contributed by atoms with van der Waals surface area (Å²) >= 11 is 5.84. The van der Waals surface area contributed by atoms with Crippen molar-refractivity contribution in [3.8, 4) is 0 Å². The molecule has 4 N–H and O–H groups in total. The van der Waals surface area contributed by atoms with Crippen LogP contribution in [-0.2, 0) is 10.0 Å². The fourth-order valence-electron chi connectivity index (χ4n) is 1.85. The van der Waals surface area contributed by atoms with Gasteiger partial charge in [0.2, 0.25) is 10.0 Å². The number of hydrogen-bond donors (Lipinski definition) is 3. The number of nitrogens with one attached hydrogen (secondary N) is 1. The zero-order chi connectivity index (χ0) is 14.8. The van der Waals surface area contributed by atoms with Crippen molar-refractivity contribution < 1.29 is 13.5 Å². The van der Waals surface area contributed by atoms with E-state index >= 15 is 0 Å². The number of benzene rings is 1. The second-order valence-electron chi connectivity index (χ2n) is 4.75. The second-order valence-corrected chi connectivity index (χ2v) is 6.84. The number of aliphatic hydroxyl groups excluding tert-OH is 1. The predicted molar refractivity (Wildman–Crippen MR) is 76.7 cm³/mol. The molecule has 19 heavy (non-hydrogen) atoms. The molecular formula is C12H19ClN2O3S. The minimum atomic E-state index is -3.67. The number of nitrogens with two attached hydrogens (primary N) is 1. The third kappa shape index (κ3) is 4.35. The summed E-state index contributed by atoms with van der Waals surface area (Å²) in [6.07, 6.45) is -0.240. The molecule has 5 nitrogen and oxygen atoms in total. The lowest BCUT2D eigenvalue weighted by molar-refractivity contribution is 0.175. The van der Waals surface area contributed by atoms with Crippen LogP contribution in [0.3, 0.4) is 0 Å². The van der Waals surface area contributed by atoms with E-state index < -0.39 is 16.1 Å². The highest BCUT2D eigenvalue weighted by Gasteiger charge is 2.21. The lowest BCUT2D eigenvalue weighted by Crippen LogP contribution is -2.35. The molecule has 0 radical (unpaired) electrons. The highest BCUT2D eigenvalue weighted by atomic mass is 35.5. The maximum Gasteiger partial charge on any atom is 0.241 e. The first-order valence-electron chi connectivity index (χ1n) is 5.89. The van der Waals surface area contributed by atoms with Gasteiger partial charge in [0.05, 0.1) is 21.7 Å². The van der Waals surface area contributed by atoms with Crippen molar-refractivity contribution >= 4 is 27.3 Å². The molecule has 0 aliphatic carbocycles. The lowest BCUT2D eigenvalue weighted by atomic mass is 10.2. The van der Waals surface area contributed by atoms with E-state index in [-0.39, 0.29) is 16.6 Å². The van der Waals surface area contributed by atoms with Crippen LogP contribution >= 0.6 is 11.6 Å². The van der Waals surface area contributed by atoms with E-state index in [1.807, 2.05) is 0 Å². The van der Waals surface area contributed by atoms with Gasteiger partial charge in [-0.3, -0.25) is 0 Å². The van der Waals surface area contributed by atoms with Gasteiger partial charge in [0, 0.05) is 6.04 Å². The maximum absolute atomic E-state index is 12.2. The van der Waals surface area contributed by atoms with Gasteiger partial charge < -0.3 is 10.8 Å². The van der Waals surface area contributed by atoms with Crippen LogP contribution in [0.2, 0.25) is 5.02 Å². The molecule has 0 saturated carbocycles. The van der Waals surface area contributed by atoms with Gasteiger partial charge in [-0.25, -0.2) is 13.1 Å². The van der Waals surface area contributed by atoms with E-state index in [9.17, 15) is 13.5 Å². The Kier molecular flexibility index (Phi) is 5.20. The Morgan fingerprint density at radius 2 is 2.00 bits per heavy atom. The van der Waals surface area contributed by atoms with Crippen LogP contribution in [0.15, 0.2) is 17.0 Å². The third-order valence-electron chi connectivity index (χ3n) is 2.63. The quantitative estimate of drug-likeness (QED) is 0.721. The third-order valence-corrected chi connectivity index (χ3v) is 4.69. The molecule has 0 aliphatic heterocycles. The van der Waals surface area contributed by atoms with E-state index in [0.29, 0.717) is 17.0 Å². The monoisotopic (exact) mass is 306 g/mol. The molecule has 1 aromatic rings. The van der Waals surface area contributed by atoms with Crippen molar-refractivity contribution in [2.45, 2.75) is 44.2 Å². The highest BCUT2D eigenvalue weighted by molar-refractivity contribution is 7.89. The first kappa shape index (κ1) is 16.2. The standard InChI is InChI=1S/C12H19ClN2O3S/c1-7-4-10(13)11(14)6-12(7)19(17,18)15-8(2)5-9(3)16/h4,6,8-9,15-16H,5,14H2,1-3H3. The van der Waals surface area contributed by atoms with Crippen molar-refractivity contribution in [3.63, 3.8) is 0 Å². The summed E-state index contributed by atoms with van der Waals surface area (Å²) in [7, 11) is -3.67. The number of hydrogen-bond acceptors (Lipinski definition) is 4. The molecule has 0 spiro atoms. The number of sulfonamides is 1. The van der Waals surface area contributed by atoms with Crippen LogP contribution in [0.4, 0.5) is 5.69 Å². The molecule has 0 heterocycles. The summed E-state index contributed by atoms with van der Waals surface area (Å²) < 4.78 is 26.9. The van der Waals surface area contributed by atoms with Gasteiger partial charge in [0.25, 0.3) is 0 Å². The highest BCUT2D eigenvalue weighted by Crippen LogP contribution is 2.26. The Morgan fingerprint density at radius 3 is 2.53 bits per heavy atom. The molecule has 2 unspecified atom stereocenters. The summed E-state index contributed by atoms with van der Waals surface area (Å²) in [5, 5.41) is 9.58. The smallest absolute Gasteiger partial charge is 0.241 e. The Bertz CT molecular complexity index is 558. The van der Waals surface area contributed by atoms with Crippen LogP contribution in [0.25, 0.3) is 0 Å². The van der Waals surface area contributed by atoms with Gasteiger partial charge in [0.1, 0.15) is 0 Å². The first-order chi connectivity index (χ1) is 8.63.